The van der Waals surface area contributed by atoms with Crippen LogP contribution in [0.3, 0.4) is 0 Å². The second-order valence-electron chi connectivity index (χ2n) is 7.70. The van der Waals surface area contributed by atoms with Crippen molar-refractivity contribution in [2.45, 2.75) is 13.0 Å². The lowest BCUT2D eigenvalue weighted by molar-refractivity contribution is 0.0338. The Morgan fingerprint density at radius 2 is 2.00 bits per heavy atom. The van der Waals surface area contributed by atoms with E-state index in [-0.39, 0.29) is 11.2 Å². The van der Waals surface area contributed by atoms with E-state index in [9.17, 15) is 9.90 Å². The molecule has 0 amide bonds. The van der Waals surface area contributed by atoms with E-state index in [1.54, 1.807) is 6.07 Å². The van der Waals surface area contributed by atoms with Crippen LogP contribution in [0.15, 0.2) is 35.1 Å². The Kier molecular flexibility index (Phi) is 4.90. The first kappa shape index (κ1) is 19.0. The van der Waals surface area contributed by atoms with Gasteiger partial charge in [-0.05, 0) is 37.2 Å². The maximum Gasteiger partial charge on any atom is 0.191 e. The van der Waals surface area contributed by atoms with Crippen molar-refractivity contribution in [3.8, 4) is 5.75 Å². The number of aromatic nitrogens is 2. The Hall–Kier alpha value is -2.94. The lowest BCUT2D eigenvalue weighted by Gasteiger charge is -2.25. The number of benzene rings is 2. The maximum atomic E-state index is 12.6. The van der Waals surface area contributed by atoms with E-state index in [2.05, 4.69) is 10.2 Å². The molecule has 1 saturated heterocycles. The molecule has 0 saturated carbocycles. The lowest BCUT2D eigenvalue weighted by atomic mass is 10.0. The van der Waals surface area contributed by atoms with Gasteiger partial charge in [-0.15, -0.1) is 0 Å². The van der Waals surface area contributed by atoms with Crippen molar-refractivity contribution in [2.24, 2.45) is 5.73 Å². The number of hydrogen-bond donors (Lipinski definition) is 3. The van der Waals surface area contributed by atoms with Gasteiger partial charge in [0, 0.05) is 37.3 Å². The van der Waals surface area contributed by atoms with Crippen LogP contribution in [0, 0.1) is 0 Å². The quantitative estimate of drug-likeness (QED) is 0.330. The highest BCUT2D eigenvalue weighted by atomic mass is 16.5. The number of hydrogen-bond acceptors (Lipinski definition) is 7. The van der Waals surface area contributed by atoms with E-state index in [4.69, 9.17) is 15.6 Å². The minimum atomic E-state index is -0.217. The van der Waals surface area contributed by atoms with Crippen LogP contribution in [0.1, 0.15) is 12.1 Å². The fraction of sp³-hybridized carbons (Fsp3) is 0.364. The van der Waals surface area contributed by atoms with Crippen LogP contribution in [0.2, 0.25) is 0 Å². The fourth-order valence-electron chi connectivity index (χ4n) is 4.30. The standard InChI is InChI=1S/C22H25N5O3/c23-7-2-8-24-15-6-5-14-16(13-26-9-11-30-12-10-26)25-27-17-3-1-4-18(28)20(17)22(29)19(15)21(14)27/h1,3-6,24,29H,2,7-13,23H2. The number of fused-ring (bicyclic) bond motifs is 2. The Bertz CT molecular complexity index is 1260. The van der Waals surface area contributed by atoms with Gasteiger partial charge in [0.1, 0.15) is 5.75 Å². The topological polar surface area (TPSA) is 105 Å². The number of rotatable bonds is 6. The van der Waals surface area contributed by atoms with Gasteiger partial charge in [0.05, 0.1) is 40.7 Å². The number of aromatic hydroxyl groups is 1. The molecule has 0 bridgehead atoms. The average molecular weight is 407 g/mol. The molecule has 1 aliphatic heterocycles. The van der Waals surface area contributed by atoms with Crippen LogP contribution in [0.25, 0.3) is 27.2 Å². The Morgan fingerprint density at radius 3 is 2.80 bits per heavy atom. The van der Waals surface area contributed by atoms with Gasteiger partial charge in [0.2, 0.25) is 0 Å². The van der Waals surface area contributed by atoms with Crippen molar-refractivity contribution in [3.05, 3.63) is 46.2 Å². The number of nitrogens with two attached hydrogens (primary N) is 1. The van der Waals surface area contributed by atoms with E-state index in [0.717, 1.165) is 55.0 Å². The van der Waals surface area contributed by atoms with Crippen molar-refractivity contribution >= 4 is 32.9 Å². The third-order valence-electron chi connectivity index (χ3n) is 5.80. The van der Waals surface area contributed by atoms with Gasteiger partial charge < -0.3 is 20.9 Å². The molecule has 4 N–H and O–H groups in total. The summed E-state index contributed by atoms with van der Waals surface area (Å²) < 4.78 is 7.27. The molecule has 156 valence electrons. The second kappa shape index (κ2) is 7.71. The van der Waals surface area contributed by atoms with E-state index in [1.807, 2.05) is 22.7 Å². The van der Waals surface area contributed by atoms with E-state index >= 15 is 0 Å². The normalized spacial score (nSPS) is 15.5. The van der Waals surface area contributed by atoms with E-state index < -0.39 is 0 Å². The molecule has 0 unspecified atom stereocenters. The average Bonchev–Trinajstić information content (AvgIpc) is 3.12. The van der Waals surface area contributed by atoms with Crippen molar-refractivity contribution < 1.29 is 9.84 Å². The zero-order valence-corrected chi connectivity index (χ0v) is 16.7. The van der Waals surface area contributed by atoms with Crippen LogP contribution >= 0.6 is 0 Å². The molecule has 8 heteroatoms. The predicted octanol–water partition coefficient (Wildman–Crippen LogP) is 1.74. The highest BCUT2D eigenvalue weighted by molar-refractivity contribution is 6.13. The zero-order chi connectivity index (χ0) is 20.7. The van der Waals surface area contributed by atoms with Crippen molar-refractivity contribution in [3.63, 3.8) is 0 Å². The first-order valence-electron chi connectivity index (χ1n) is 10.3. The number of ether oxygens (including phenoxy) is 1. The van der Waals surface area contributed by atoms with Gasteiger partial charge in [-0.2, -0.15) is 5.10 Å². The second-order valence-corrected chi connectivity index (χ2v) is 7.70. The van der Waals surface area contributed by atoms with Gasteiger partial charge in [-0.3, -0.25) is 9.69 Å². The number of morpholine rings is 1. The molecule has 0 radical (unpaired) electrons. The SMILES string of the molecule is NCCCNc1ccc2c(CN3CCOCC3)nn3c4cccc(=O)c4c(O)c1c23. The summed E-state index contributed by atoms with van der Waals surface area (Å²) in [4.78, 5) is 14.9. The summed E-state index contributed by atoms with van der Waals surface area (Å²) in [6.07, 6.45) is 0.809. The number of nitrogens with one attached hydrogen (secondary N) is 1. The molecule has 3 heterocycles. The van der Waals surface area contributed by atoms with E-state index in [1.165, 1.54) is 6.07 Å². The summed E-state index contributed by atoms with van der Waals surface area (Å²) in [7, 11) is 0. The molecule has 5 rings (SSSR count). The van der Waals surface area contributed by atoms with Gasteiger partial charge in [-0.1, -0.05) is 6.07 Å². The van der Waals surface area contributed by atoms with Gasteiger partial charge in [0.25, 0.3) is 0 Å². The molecule has 0 atom stereocenters. The largest absolute Gasteiger partial charge is 0.506 e. The highest BCUT2D eigenvalue weighted by Gasteiger charge is 2.23. The molecule has 0 aliphatic carbocycles. The summed E-state index contributed by atoms with van der Waals surface area (Å²) in [5, 5.41) is 21.3. The lowest BCUT2D eigenvalue weighted by Crippen LogP contribution is -2.35. The highest BCUT2D eigenvalue weighted by Crippen LogP contribution is 2.40. The molecule has 2 aromatic carbocycles. The van der Waals surface area contributed by atoms with Crippen LogP contribution in [0.4, 0.5) is 5.69 Å². The van der Waals surface area contributed by atoms with E-state index in [0.29, 0.717) is 35.9 Å². The van der Waals surface area contributed by atoms with Gasteiger partial charge >= 0.3 is 0 Å². The summed E-state index contributed by atoms with van der Waals surface area (Å²) in [6, 6.07) is 9.01. The zero-order valence-electron chi connectivity index (χ0n) is 16.7. The predicted molar refractivity (Wildman–Crippen MR) is 118 cm³/mol. The molecule has 2 aromatic heterocycles. The van der Waals surface area contributed by atoms with Gasteiger partial charge in [-0.25, -0.2) is 4.52 Å². The van der Waals surface area contributed by atoms with Gasteiger partial charge in [0.15, 0.2) is 5.43 Å². The number of pyridine rings is 1. The number of nitrogens with zero attached hydrogens (tertiary/aromatic N) is 3. The summed E-state index contributed by atoms with van der Waals surface area (Å²) in [5.41, 5.74) is 8.56. The van der Waals surface area contributed by atoms with Crippen LogP contribution in [-0.4, -0.2) is 59.0 Å². The molecule has 1 fully saturated rings. The number of anilines is 1. The summed E-state index contributed by atoms with van der Waals surface area (Å²) in [6.45, 7) is 5.11. The van der Waals surface area contributed by atoms with Crippen LogP contribution < -0.4 is 16.5 Å². The molecule has 8 nitrogen and oxygen atoms in total. The summed E-state index contributed by atoms with van der Waals surface area (Å²) in [5.74, 6) is 0.00164. The molecule has 0 spiro atoms. The van der Waals surface area contributed by atoms with Crippen molar-refractivity contribution in [2.75, 3.05) is 44.7 Å². The minimum absolute atomic E-state index is 0.00164. The monoisotopic (exact) mass is 407 g/mol. The van der Waals surface area contributed by atoms with Crippen LogP contribution in [-0.2, 0) is 11.3 Å². The third-order valence-corrected chi connectivity index (χ3v) is 5.80. The maximum absolute atomic E-state index is 12.6. The molecular weight excluding hydrogens is 382 g/mol. The summed E-state index contributed by atoms with van der Waals surface area (Å²) >= 11 is 0. The molecule has 30 heavy (non-hydrogen) atoms. The fourth-order valence-corrected chi connectivity index (χ4v) is 4.30. The van der Waals surface area contributed by atoms with Crippen molar-refractivity contribution in [1.82, 2.24) is 14.5 Å². The molecular formula is C22H25N5O3. The van der Waals surface area contributed by atoms with Crippen molar-refractivity contribution in [1.29, 1.82) is 0 Å². The first-order chi connectivity index (χ1) is 14.7. The molecule has 1 aliphatic rings. The van der Waals surface area contributed by atoms with Crippen LogP contribution in [0.5, 0.6) is 5.75 Å². The molecule has 4 aromatic rings. The Labute approximate surface area is 173 Å². The Balaban J connectivity index is 1.76. The first-order valence-corrected chi connectivity index (χ1v) is 10.3. The Morgan fingerprint density at radius 1 is 1.17 bits per heavy atom. The third kappa shape index (κ3) is 3.04. The smallest absolute Gasteiger partial charge is 0.191 e. The minimum Gasteiger partial charge on any atom is -0.506 e.